The Labute approximate surface area is 120 Å². The van der Waals surface area contributed by atoms with Gasteiger partial charge in [-0.05, 0) is 43.3 Å². The molecule has 5 heteroatoms. The van der Waals surface area contributed by atoms with E-state index in [0.29, 0.717) is 15.7 Å². The highest BCUT2D eigenvalue weighted by Crippen LogP contribution is 2.27. The zero-order valence-corrected chi connectivity index (χ0v) is 11.6. The fourth-order valence-electron chi connectivity index (χ4n) is 1.81. The predicted molar refractivity (Wildman–Crippen MR) is 74.9 cm³/mol. The van der Waals surface area contributed by atoms with E-state index in [4.69, 9.17) is 23.2 Å². The SMILES string of the molecule is CC(Nc1cc(Cl)cc(Cl)c1)c1cc(F)ccc1F. The molecule has 0 aliphatic rings. The Morgan fingerprint density at radius 1 is 1.00 bits per heavy atom. The third-order valence-electron chi connectivity index (χ3n) is 2.67. The standard InChI is InChI=1S/C14H11Cl2F2N/c1-8(13-7-11(17)2-3-14(13)18)19-12-5-9(15)4-10(16)6-12/h2-8,19H,1H3. The molecule has 0 amide bonds. The van der Waals surface area contributed by atoms with Crippen LogP contribution in [0.5, 0.6) is 0 Å². The first-order chi connectivity index (χ1) is 8.95. The molecule has 0 aliphatic carbocycles. The summed E-state index contributed by atoms with van der Waals surface area (Å²) >= 11 is 11.8. The monoisotopic (exact) mass is 301 g/mol. The van der Waals surface area contributed by atoms with Crippen molar-refractivity contribution in [1.82, 2.24) is 0 Å². The first-order valence-corrected chi connectivity index (χ1v) is 6.39. The normalized spacial score (nSPS) is 12.3. The Balaban J connectivity index is 2.25. The van der Waals surface area contributed by atoms with Gasteiger partial charge in [0.15, 0.2) is 0 Å². The summed E-state index contributed by atoms with van der Waals surface area (Å²) in [5.41, 5.74) is 0.893. The Hall–Kier alpha value is -1.32. The summed E-state index contributed by atoms with van der Waals surface area (Å²) < 4.78 is 26.8. The topological polar surface area (TPSA) is 12.0 Å². The van der Waals surface area contributed by atoms with Crippen molar-refractivity contribution in [3.8, 4) is 0 Å². The lowest BCUT2D eigenvalue weighted by atomic mass is 10.1. The first-order valence-electron chi connectivity index (χ1n) is 5.63. The predicted octanol–water partition coefficient (Wildman–Crippen LogP) is 5.44. The van der Waals surface area contributed by atoms with Gasteiger partial charge < -0.3 is 5.32 Å². The minimum absolute atomic E-state index is 0.246. The van der Waals surface area contributed by atoms with Crippen LogP contribution < -0.4 is 5.32 Å². The van der Waals surface area contributed by atoms with E-state index < -0.39 is 17.7 Å². The average Bonchev–Trinajstić information content (AvgIpc) is 2.30. The summed E-state index contributed by atoms with van der Waals surface area (Å²) in [5, 5.41) is 3.98. The Kier molecular flexibility index (Phi) is 4.27. The number of rotatable bonds is 3. The van der Waals surface area contributed by atoms with E-state index >= 15 is 0 Å². The molecule has 1 atom stereocenters. The van der Waals surface area contributed by atoms with E-state index in [1.807, 2.05) is 0 Å². The molecule has 0 aromatic heterocycles. The van der Waals surface area contributed by atoms with Crippen molar-refractivity contribution >= 4 is 28.9 Å². The number of halogens is 4. The van der Waals surface area contributed by atoms with Gasteiger partial charge in [-0.25, -0.2) is 8.78 Å². The Bertz CT molecular complexity index is 582. The summed E-state index contributed by atoms with van der Waals surface area (Å²) in [6, 6.07) is 7.88. The molecule has 1 N–H and O–H groups in total. The van der Waals surface area contributed by atoms with Crippen molar-refractivity contribution in [3.05, 3.63) is 63.6 Å². The van der Waals surface area contributed by atoms with E-state index in [0.717, 1.165) is 12.1 Å². The van der Waals surface area contributed by atoms with Crippen LogP contribution in [0.15, 0.2) is 36.4 Å². The highest BCUT2D eigenvalue weighted by Gasteiger charge is 2.12. The lowest BCUT2D eigenvalue weighted by Gasteiger charge is -2.17. The van der Waals surface area contributed by atoms with Crippen molar-refractivity contribution in [1.29, 1.82) is 0 Å². The van der Waals surface area contributed by atoms with Crippen molar-refractivity contribution in [3.63, 3.8) is 0 Å². The molecule has 0 bridgehead atoms. The molecule has 0 aliphatic heterocycles. The van der Waals surface area contributed by atoms with E-state index in [-0.39, 0.29) is 5.56 Å². The number of hydrogen-bond acceptors (Lipinski definition) is 1. The molecule has 0 heterocycles. The van der Waals surface area contributed by atoms with Crippen LogP contribution in [0, 0.1) is 11.6 Å². The second-order valence-corrected chi connectivity index (χ2v) is 5.06. The minimum atomic E-state index is -0.478. The van der Waals surface area contributed by atoms with Crippen LogP contribution in [-0.2, 0) is 0 Å². The summed E-state index contributed by atoms with van der Waals surface area (Å²) in [5.74, 6) is -0.941. The van der Waals surface area contributed by atoms with E-state index in [9.17, 15) is 8.78 Å². The molecule has 0 saturated heterocycles. The van der Waals surface area contributed by atoms with Crippen LogP contribution in [0.3, 0.4) is 0 Å². The van der Waals surface area contributed by atoms with Gasteiger partial charge in [0.25, 0.3) is 0 Å². The highest BCUT2D eigenvalue weighted by atomic mass is 35.5. The van der Waals surface area contributed by atoms with Gasteiger partial charge in [0.1, 0.15) is 11.6 Å². The maximum absolute atomic E-state index is 13.6. The number of hydrogen-bond donors (Lipinski definition) is 1. The van der Waals surface area contributed by atoms with E-state index in [1.54, 1.807) is 25.1 Å². The van der Waals surface area contributed by atoms with Gasteiger partial charge in [-0.3, -0.25) is 0 Å². The average molecular weight is 302 g/mol. The van der Waals surface area contributed by atoms with Crippen LogP contribution in [0.1, 0.15) is 18.5 Å². The zero-order valence-electron chi connectivity index (χ0n) is 10.1. The third kappa shape index (κ3) is 3.58. The van der Waals surface area contributed by atoms with Crippen LogP contribution in [0.25, 0.3) is 0 Å². The van der Waals surface area contributed by atoms with Gasteiger partial charge in [-0.1, -0.05) is 23.2 Å². The molecule has 1 nitrogen and oxygen atoms in total. The fourth-order valence-corrected chi connectivity index (χ4v) is 2.34. The molecule has 2 aromatic rings. The van der Waals surface area contributed by atoms with Crippen molar-refractivity contribution in [2.45, 2.75) is 13.0 Å². The summed E-state index contributed by atoms with van der Waals surface area (Å²) in [7, 11) is 0. The van der Waals surface area contributed by atoms with Crippen molar-refractivity contribution in [2.75, 3.05) is 5.32 Å². The molecule has 0 fully saturated rings. The Morgan fingerprint density at radius 3 is 2.26 bits per heavy atom. The highest BCUT2D eigenvalue weighted by molar-refractivity contribution is 6.35. The molecule has 0 radical (unpaired) electrons. The number of benzene rings is 2. The largest absolute Gasteiger partial charge is 0.378 e. The molecular formula is C14H11Cl2F2N. The fraction of sp³-hybridized carbons (Fsp3) is 0.143. The molecule has 2 rings (SSSR count). The van der Waals surface area contributed by atoms with Gasteiger partial charge in [-0.15, -0.1) is 0 Å². The van der Waals surface area contributed by atoms with Gasteiger partial charge in [-0.2, -0.15) is 0 Å². The van der Waals surface area contributed by atoms with Crippen LogP contribution in [0.4, 0.5) is 14.5 Å². The maximum Gasteiger partial charge on any atom is 0.128 e. The van der Waals surface area contributed by atoms with Crippen LogP contribution in [-0.4, -0.2) is 0 Å². The molecular weight excluding hydrogens is 291 g/mol. The molecule has 100 valence electrons. The third-order valence-corrected chi connectivity index (χ3v) is 3.11. The Morgan fingerprint density at radius 2 is 1.63 bits per heavy atom. The lowest BCUT2D eigenvalue weighted by Crippen LogP contribution is -2.09. The van der Waals surface area contributed by atoms with Crippen molar-refractivity contribution in [2.24, 2.45) is 0 Å². The van der Waals surface area contributed by atoms with Gasteiger partial charge in [0.05, 0.1) is 6.04 Å². The van der Waals surface area contributed by atoms with Gasteiger partial charge in [0.2, 0.25) is 0 Å². The quantitative estimate of drug-likeness (QED) is 0.795. The minimum Gasteiger partial charge on any atom is -0.378 e. The summed E-state index contributed by atoms with van der Waals surface area (Å²) in [6.07, 6.45) is 0. The van der Waals surface area contributed by atoms with Gasteiger partial charge >= 0.3 is 0 Å². The van der Waals surface area contributed by atoms with Crippen LogP contribution in [0.2, 0.25) is 10.0 Å². The first kappa shape index (κ1) is 14.1. The molecule has 2 aromatic carbocycles. The molecule has 19 heavy (non-hydrogen) atoms. The number of nitrogens with one attached hydrogen (secondary N) is 1. The van der Waals surface area contributed by atoms with Crippen LogP contribution >= 0.6 is 23.2 Å². The molecule has 1 unspecified atom stereocenters. The van der Waals surface area contributed by atoms with Gasteiger partial charge in [0, 0.05) is 21.3 Å². The summed E-state index contributed by atoms with van der Waals surface area (Å²) in [4.78, 5) is 0. The molecule has 0 spiro atoms. The lowest BCUT2D eigenvalue weighted by molar-refractivity contribution is 0.577. The second-order valence-electron chi connectivity index (χ2n) is 4.19. The zero-order chi connectivity index (χ0) is 14.0. The molecule has 0 saturated carbocycles. The van der Waals surface area contributed by atoms with E-state index in [2.05, 4.69) is 5.32 Å². The maximum atomic E-state index is 13.6. The van der Waals surface area contributed by atoms with E-state index in [1.165, 1.54) is 6.07 Å². The van der Waals surface area contributed by atoms with Crippen molar-refractivity contribution < 1.29 is 8.78 Å². The second kappa shape index (κ2) is 5.76. The number of anilines is 1. The summed E-state index contributed by atoms with van der Waals surface area (Å²) in [6.45, 7) is 1.73. The smallest absolute Gasteiger partial charge is 0.128 e.